The highest BCUT2D eigenvalue weighted by Crippen LogP contribution is 2.60. The molecule has 4 heteroatoms. The maximum Gasteiger partial charge on any atom is 0.226 e. The van der Waals surface area contributed by atoms with Gasteiger partial charge in [0.15, 0.2) is 0 Å². The summed E-state index contributed by atoms with van der Waals surface area (Å²) < 4.78 is 1.84. The van der Waals surface area contributed by atoms with E-state index in [0.29, 0.717) is 17.2 Å². The lowest BCUT2D eigenvalue weighted by molar-refractivity contribution is -0.136. The molecule has 1 heterocycles. The number of nitrogens with zero attached hydrogens (tertiary/aromatic N) is 3. The summed E-state index contributed by atoms with van der Waals surface area (Å²) in [5, 5.41) is 4.26. The fourth-order valence-electron chi connectivity index (χ4n) is 6.82. The summed E-state index contributed by atoms with van der Waals surface area (Å²) in [5.41, 5.74) is 1.69. The molecule has 4 nitrogen and oxygen atoms in total. The van der Waals surface area contributed by atoms with Crippen LogP contribution >= 0.6 is 0 Å². The van der Waals surface area contributed by atoms with Crippen molar-refractivity contribution in [2.45, 2.75) is 50.9 Å². The number of amides is 1. The summed E-state index contributed by atoms with van der Waals surface area (Å²) in [4.78, 5) is 15.0. The van der Waals surface area contributed by atoms with Gasteiger partial charge >= 0.3 is 0 Å². The molecule has 0 radical (unpaired) electrons. The molecule has 2 atom stereocenters. The van der Waals surface area contributed by atoms with Gasteiger partial charge < -0.3 is 4.90 Å². The maximum absolute atomic E-state index is 12.9. The molecule has 0 spiro atoms. The Morgan fingerprint density at radius 3 is 2.38 bits per heavy atom. The summed E-state index contributed by atoms with van der Waals surface area (Å²) >= 11 is 0. The van der Waals surface area contributed by atoms with Crippen molar-refractivity contribution < 1.29 is 4.79 Å². The first-order chi connectivity index (χ1) is 11.5. The van der Waals surface area contributed by atoms with Gasteiger partial charge in [-0.15, -0.1) is 0 Å². The molecule has 24 heavy (non-hydrogen) atoms. The monoisotopic (exact) mass is 327 g/mol. The van der Waals surface area contributed by atoms with Crippen molar-refractivity contribution in [3.05, 3.63) is 18.0 Å². The number of aromatic nitrogens is 2. The Bertz CT molecular complexity index is 628. The van der Waals surface area contributed by atoms with Gasteiger partial charge in [0.1, 0.15) is 0 Å². The Balaban J connectivity index is 1.25. The molecule has 2 unspecified atom stereocenters. The number of hydrogen-bond acceptors (Lipinski definition) is 2. The molecule has 6 rings (SSSR count). The third-order valence-electron chi connectivity index (χ3n) is 7.37. The number of carbonyl (C=O) groups is 1. The average molecular weight is 327 g/mol. The molecule has 0 aromatic carbocycles. The largest absolute Gasteiger partial charge is 0.345 e. The Labute approximate surface area is 144 Å². The van der Waals surface area contributed by atoms with E-state index < -0.39 is 0 Å². The second-order valence-corrected chi connectivity index (χ2v) is 9.51. The Hall–Kier alpha value is -1.32. The SMILES string of the molecule is CN(CC12CC3CC(CC(C3)C1)C2)C(=O)C1CC1c1cnn(C)c1. The first-order valence-corrected chi connectivity index (χ1v) is 9.75. The zero-order chi connectivity index (χ0) is 16.5. The molecule has 1 amide bonds. The molecule has 5 aliphatic rings. The van der Waals surface area contributed by atoms with E-state index in [1.165, 1.54) is 44.1 Å². The molecule has 130 valence electrons. The van der Waals surface area contributed by atoms with Crippen molar-refractivity contribution in [2.75, 3.05) is 13.6 Å². The Morgan fingerprint density at radius 1 is 1.21 bits per heavy atom. The second-order valence-electron chi connectivity index (χ2n) is 9.51. The van der Waals surface area contributed by atoms with E-state index >= 15 is 0 Å². The van der Waals surface area contributed by atoms with Crippen LogP contribution in [0.25, 0.3) is 0 Å². The predicted octanol–water partition coefficient (Wildman–Crippen LogP) is 3.20. The standard InChI is InChI=1S/C20H29N3O/c1-22(19(24)18-6-17(18)16-10-21-23(2)11-16)12-20-7-13-3-14(8-20)5-15(4-13)9-20/h10-11,13-15,17-18H,3-9,12H2,1-2H3. The lowest BCUT2D eigenvalue weighted by Crippen LogP contribution is -2.51. The smallest absolute Gasteiger partial charge is 0.226 e. The number of carbonyl (C=O) groups excluding carboxylic acids is 1. The van der Waals surface area contributed by atoms with Gasteiger partial charge in [-0.3, -0.25) is 9.48 Å². The van der Waals surface area contributed by atoms with E-state index in [1.807, 2.05) is 17.9 Å². The van der Waals surface area contributed by atoms with Gasteiger partial charge in [0.2, 0.25) is 5.91 Å². The zero-order valence-electron chi connectivity index (χ0n) is 14.9. The van der Waals surface area contributed by atoms with Crippen molar-refractivity contribution in [1.82, 2.24) is 14.7 Å². The highest BCUT2D eigenvalue weighted by atomic mass is 16.2. The third-order valence-corrected chi connectivity index (χ3v) is 7.37. The molecule has 0 aliphatic heterocycles. The van der Waals surface area contributed by atoms with Crippen molar-refractivity contribution >= 4 is 5.91 Å². The molecular weight excluding hydrogens is 298 g/mol. The summed E-state index contributed by atoms with van der Waals surface area (Å²) in [6.45, 7) is 1.01. The lowest BCUT2D eigenvalue weighted by Gasteiger charge is -2.57. The van der Waals surface area contributed by atoms with Crippen molar-refractivity contribution in [1.29, 1.82) is 0 Å². The second kappa shape index (κ2) is 5.09. The van der Waals surface area contributed by atoms with E-state index in [0.717, 1.165) is 30.7 Å². The number of hydrogen-bond donors (Lipinski definition) is 0. The van der Waals surface area contributed by atoms with E-state index in [2.05, 4.69) is 23.2 Å². The fraction of sp³-hybridized carbons (Fsp3) is 0.800. The van der Waals surface area contributed by atoms with Crippen LogP contribution in [-0.4, -0.2) is 34.2 Å². The van der Waals surface area contributed by atoms with Crippen molar-refractivity contribution in [3.8, 4) is 0 Å². The number of aryl methyl sites for hydroxylation is 1. The van der Waals surface area contributed by atoms with Gasteiger partial charge in [-0.25, -0.2) is 0 Å². The summed E-state index contributed by atoms with van der Waals surface area (Å²) in [6, 6.07) is 0. The minimum Gasteiger partial charge on any atom is -0.345 e. The van der Waals surface area contributed by atoms with Crippen LogP contribution in [0, 0.1) is 29.1 Å². The highest BCUT2D eigenvalue weighted by Gasteiger charge is 2.52. The van der Waals surface area contributed by atoms with Crippen LogP contribution in [0.4, 0.5) is 0 Å². The van der Waals surface area contributed by atoms with E-state index in [-0.39, 0.29) is 5.92 Å². The van der Waals surface area contributed by atoms with Crippen LogP contribution < -0.4 is 0 Å². The molecule has 5 aliphatic carbocycles. The lowest BCUT2D eigenvalue weighted by atomic mass is 9.49. The third kappa shape index (κ3) is 2.41. The molecule has 5 fully saturated rings. The molecule has 4 bridgehead atoms. The van der Waals surface area contributed by atoms with Gasteiger partial charge in [-0.1, -0.05) is 0 Å². The van der Waals surface area contributed by atoms with E-state index in [4.69, 9.17) is 0 Å². The van der Waals surface area contributed by atoms with Gasteiger partial charge in [-0.2, -0.15) is 5.10 Å². The summed E-state index contributed by atoms with van der Waals surface area (Å²) in [6.07, 6.45) is 13.6. The van der Waals surface area contributed by atoms with Gasteiger partial charge in [-0.05, 0) is 79.6 Å². The Kier molecular flexibility index (Phi) is 3.18. The minimum absolute atomic E-state index is 0.202. The van der Waals surface area contributed by atoms with Crippen LogP contribution in [-0.2, 0) is 11.8 Å². The van der Waals surface area contributed by atoms with Gasteiger partial charge in [0.05, 0.1) is 6.20 Å². The van der Waals surface area contributed by atoms with Gasteiger partial charge in [0, 0.05) is 32.8 Å². The molecular formula is C20H29N3O. The zero-order valence-corrected chi connectivity index (χ0v) is 14.9. The highest BCUT2D eigenvalue weighted by molar-refractivity contribution is 5.82. The summed E-state index contributed by atoms with van der Waals surface area (Å²) in [7, 11) is 4.00. The average Bonchev–Trinajstić information content (AvgIpc) is 3.19. The topological polar surface area (TPSA) is 38.1 Å². The van der Waals surface area contributed by atoms with E-state index in [1.54, 1.807) is 0 Å². The molecule has 0 saturated heterocycles. The normalized spacial score (nSPS) is 42.3. The molecule has 1 aromatic rings. The first kappa shape index (κ1) is 15.0. The van der Waals surface area contributed by atoms with E-state index in [9.17, 15) is 4.79 Å². The van der Waals surface area contributed by atoms with Crippen LogP contribution in [0.15, 0.2) is 12.4 Å². The molecule has 1 aromatic heterocycles. The van der Waals surface area contributed by atoms with Crippen LogP contribution in [0.1, 0.15) is 56.4 Å². The van der Waals surface area contributed by atoms with Gasteiger partial charge in [0.25, 0.3) is 0 Å². The Morgan fingerprint density at radius 2 is 1.83 bits per heavy atom. The minimum atomic E-state index is 0.202. The first-order valence-electron chi connectivity index (χ1n) is 9.75. The predicted molar refractivity (Wildman–Crippen MR) is 92.3 cm³/mol. The molecule has 0 N–H and O–H groups in total. The van der Waals surface area contributed by atoms with Crippen LogP contribution in [0.5, 0.6) is 0 Å². The van der Waals surface area contributed by atoms with Crippen LogP contribution in [0.2, 0.25) is 0 Å². The summed E-state index contributed by atoms with van der Waals surface area (Å²) in [5.74, 6) is 3.87. The maximum atomic E-state index is 12.9. The van der Waals surface area contributed by atoms with Crippen molar-refractivity contribution in [3.63, 3.8) is 0 Å². The fourth-order valence-corrected chi connectivity index (χ4v) is 6.82. The van der Waals surface area contributed by atoms with Crippen LogP contribution in [0.3, 0.4) is 0 Å². The quantitative estimate of drug-likeness (QED) is 0.852. The van der Waals surface area contributed by atoms with Crippen molar-refractivity contribution in [2.24, 2.45) is 36.1 Å². The molecule has 5 saturated carbocycles. The number of rotatable bonds is 4.